The van der Waals surface area contributed by atoms with Crippen molar-refractivity contribution in [1.82, 2.24) is 4.57 Å². The Morgan fingerprint density at radius 2 is 1.35 bits per heavy atom. The largest absolute Gasteiger partial charge is 0.333 e. The van der Waals surface area contributed by atoms with Crippen LogP contribution in [-0.4, -0.2) is 11.6 Å². The molecule has 0 radical (unpaired) electrons. The van der Waals surface area contributed by atoms with E-state index in [4.69, 9.17) is 0 Å². The molecule has 2 aliphatic carbocycles. The van der Waals surface area contributed by atoms with Gasteiger partial charge >= 0.3 is 0 Å². The molecule has 5 aromatic carbocycles. The number of nitrogens with two attached hydrogens (primary N) is 1. The molecule has 264 valence electrons. The summed E-state index contributed by atoms with van der Waals surface area (Å²) in [7, 11) is 1.50. The first kappa shape index (κ1) is 40.3. The van der Waals surface area contributed by atoms with Gasteiger partial charge in [-0.2, -0.15) is 0 Å². The SMILES string of the molecule is C=C/C=C\C.CC.CC.CC1=CC=CCC1.CN.c1ccc(Cc2ccc(-n3c4ccccc4c4c5c(ccc43)Cc3ccccc3-5)cc2)cc1. The van der Waals surface area contributed by atoms with E-state index in [1.807, 2.05) is 46.8 Å². The van der Waals surface area contributed by atoms with Gasteiger partial charge in [0, 0.05) is 16.5 Å². The first-order valence-electron chi connectivity index (χ1n) is 18.6. The zero-order valence-electron chi connectivity index (χ0n) is 32.0. The second-order valence-corrected chi connectivity index (χ2v) is 11.8. The van der Waals surface area contributed by atoms with Crippen molar-refractivity contribution in [2.24, 2.45) is 5.73 Å². The zero-order chi connectivity index (χ0) is 37.0. The number of para-hydroxylation sites is 1. The first-order chi connectivity index (χ1) is 25.2. The first-order valence-corrected chi connectivity index (χ1v) is 18.6. The van der Waals surface area contributed by atoms with Crippen LogP contribution in [0.5, 0.6) is 0 Å². The minimum atomic E-state index is 0.957. The van der Waals surface area contributed by atoms with Gasteiger partial charge in [0.25, 0.3) is 0 Å². The molecule has 8 rings (SSSR count). The fraction of sp³-hybridized carbons (Fsp3) is 0.224. The Kier molecular flexibility index (Phi) is 17.2. The molecule has 51 heavy (non-hydrogen) atoms. The third-order valence-corrected chi connectivity index (χ3v) is 8.59. The number of hydrogen-bond acceptors (Lipinski definition) is 1. The highest BCUT2D eigenvalue weighted by Gasteiger charge is 2.24. The second-order valence-electron chi connectivity index (χ2n) is 11.8. The predicted octanol–water partition coefficient (Wildman–Crippen LogP) is 13.6. The lowest BCUT2D eigenvalue weighted by molar-refractivity contribution is 0.962. The summed E-state index contributed by atoms with van der Waals surface area (Å²) in [6.07, 6.45) is 16.6. The minimum absolute atomic E-state index is 0.957. The van der Waals surface area contributed by atoms with Crippen molar-refractivity contribution in [2.75, 3.05) is 7.05 Å². The number of aromatic nitrogens is 1. The summed E-state index contributed by atoms with van der Waals surface area (Å²) in [6, 6.07) is 42.1. The van der Waals surface area contributed by atoms with Crippen LogP contribution in [0.2, 0.25) is 0 Å². The van der Waals surface area contributed by atoms with Crippen LogP contribution >= 0.6 is 0 Å². The summed E-state index contributed by atoms with van der Waals surface area (Å²) < 4.78 is 2.43. The van der Waals surface area contributed by atoms with E-state index >= 15 is 0 Å². The average molecular weight is 675 g/mol. The molecule has 2 nitrogen and oxygen atoms in total. The van der Waals surface area contributed by atoms with Gasteiger partial charge in [0.15, 0.2) is 0 Å². The molecule has 0 fully saturated rings. The topological polar surface area (TPSA) is 30.9 Å². The summed E-state index contributed by atoms with van der Waals surface area (Å²) in [5, 5.41) is 2.70. The Morgan fingerprint density at radius 3 is 1.96 bits per heavy atom. The van der Waals surface area contributed by atoms with Gasteiger partial charge in [-0.1, -0.05) is 167 Å². The maximum Gasteiger partial charge on any atom is 0.0547 e. The normalized spacial score (nSPS) is 11.8. The number of rotatable bonds is 4. The smallest absolute Gasteiger partial charge is 0.0547 e. The van der Waals surface area contributed by atoms with Gasteiger partial charge in [0.1, 0.15) is 0 Å². The molecule has 6 aromatic rings. The molecule has 0 amide bonds. The van der Waals surface area contributed by atoms with Crippen LogP contribution in [0.3, 0.4) is 0 Å². The Balaban J connectivity index is 0.000000328. The monoisotopic (exact) mass is 674 g/mol. The Labute approximate surface area is 308 Å². The van der Waals surface area contributed by atoms with E-state index in [2.05, 4.69) is 157 Å². The Bertz CT molecular complexity index is 2020. The van der Waals surface area contributed by atoms with Crippen molar-refractivity contribution < 1.29 is 0 Å². The molecule has 2 heteroatoms. The van der Waals surface area contributed by atoms with Gasteiger partial charge < -0.3 is 10.3 Å². The van der Waals surface area contributed by atoms with Gasteiger partial charge in [-0.25, -0.2) is 0 Å². The molecule has 0 saturated heterocycles. The number of hydrogen-bond donors (Lipinski definition) is 1. The highest BCUT2D eigenvalue weighted by molar-refractivity contribution is 6.17. The number of nitrogens with zero attached hydrogens (tertiary/aromatic N) is 1. The highest BCUT2D eigenvalue weighted by atomic mass is 15.0. The lowest BCUT2D eigenvalue weighted by atomic mass is 9.99. The quantitative estimate of drug-likeness (QED) is 0.185. The van der Waals surface area contributed by atoms with E-state index in [0.717, 1.165) is 12.8 Å². The molecule has 0 bridgehead atoms. The van der Waals surface area contributed by atoms with Crippen LogP contribution in [0.25, 0.3) is 38.6 Å². The summed E-state index contributed by atoms with van der Waals surface area (Å²) >= 11 is 0. The van der Waals surface area contributed by atoms with Gasteiger partial charge in [-0.15, -0.1) is 0 Å². The third kappa shape index (κ3) is 10.2. The van der Waals surface area contributed by atoms with Crippen LogP contribution in [-0.2, 0) is 12.8 Å². The van der Waals surface area contributed by atoms with Crippen molar-refractivity contribution in [3.05, 3.63) is 186 Å². The van der Waals surface area contributed by atoms with E-state index in [1.165, 1.54) is 86.3 Å². The molecule has 0 spiro atoms. The molecular formula is C49H58N2. The maximum absolute atomic E-state index is 4.50. The van der Waals surface area contributed by atoms with E-state index in [9.17, 15) is 0 Å². The molecule has 2 aliphatic rings. The fourth-order valence-corrected chi connectivity index (χ4v) is 6.41. The van der Waals surface area contributed by atoms with Gasteiger partial charge in [0.2, 0.25) is 0 Å². The van der Waals surface area contributed by atoms with Gasteiger partial charge in [0.05, 0.1) is 11.0 Å². The van der Waals surface area contributed by atoms with Crippen LogP contribution in [0.15, 0.2) is 164 Å². The predicted molar refractivity (Wildman–Crippen MR) is 228 cm³/mol. The van der Waals surface area contributed by atoms with Gasteiger partial charge in [-0.3, -0.25) is 0 Å². The average Bonchev–Trinajstić information content (AvgIpc) is 3.75. The van der Waals surface area contributed by atoms with E-state index in [0.29, 0.717) is 0 Å². The number of allylic oxidation sites excluding steroid dienone is 7. The molecule has 0 atom stereocenters. The molecule has 1 heterocycles. The fourth-order valence-electron chi connectivity index (χ4n) is 6.41. The molecular weight excluding hydrogens is 617 g/mol. The highest BCUT2D eigenvalue weighted by Crippen LogP contribution is 2.45. The summed E-state index contributed by atoms with van der Waals surface area (Å²) in [5.74, 6) is 0. The van der Waals surface area contributed by atoms with E-state index in [-0.39, 0.29) is 0 Å². The summed E-state index contributed by atoms with van der Waals surface area (Å²) in [5.41, 5.74) is 18.1. The van der Waals surface area contributed by atoms with Crippen molar-refractivity contribution in [3.63, 3.8) is 0 Å². The molecule has 0 saturated carbocycles. The van der Waals surface area contributed by atoms with Crippen molar-refractivity contribution in [1.29, 1.82) is 0 Å². The minimum Gasteiger partial charge on any atom is -0.333 e. The summed E-state index contributed by atoms with van der Waals surface area (Å²) in [6.45, 7) is 15.6. The Hall–Kier alpha value is -5.18. The number of benzene rings is 5. The van der Waals surface area contributed by atoms with E-state index < -0.39 is 0 Å². The van der Waals surface area contributed by atoms with Crippen LogP contribution in [0.4, 0.5) is 0 Å². The maximum atomic E-state index is 4.50. The lowest BCUT2D eigenvalue weighted by Crippen LogP contribution is -1.95. The van der Waals surface area contributed by atoms with Gasteiger partial charge in [-0.05, 0) is 104 Å². The molecule has 0 unspecified atom stereocenters. The van der Waals surface area contributed by atoms with Crippen molar-refractivity contribution in [2.45, 2.75) is 67.2 Å². The molecule has 1 aromatic heterocycles. The molecule has 2 N–H and O–H groups in total. The lowest BCUT2D eigenvalue weighted by Gasteiger charge is -2.10. The standard InChI is InChI=1S/C32H23N.C7H10.C5H8.2C2H6.CH5N/c1-2-8-22(9-3-1)20-23-14-17-26(18-15-23)33-29-13-7-6-12-28(29)32-30(33)19-16-25-21-24-10-4-5-11-27(24)31(25)32;1-7-5-3-2-4-6-7;1-3-5-4-2;3*1-2/h1-19H,20-21H2;2-3,5H,4,6H2,1H3;3-5H,1H2,2H3;2*1-2H3;2H2,1H3/b;;5-4-;;;. The van der Waals surface area contributed by atoms with Crippen molar-refractivity contribution >= 4 is 21.8 Å². The Morgan fingerprint density at radius 1 is 0.706 bits per heavy atom. The van der Waals surface area contributed by atoms with Crippen LogP contribution in [0.1, 0.15) is 76.6 Å². The van der Waals surface area contributed by atoms with Crippen LogP contribution < -0.4 is 5.73 Å². The second kappa shape index (κ2) is 21.8. The zero-order valence-corrected chi connectivity index (χ0v) is 32.0. The molecule has 0 aliphatic heterocycles. The third-order valence-electron chi connectivity index (χ3n) is 8.59. The van der Waals surface area contributed by atoms with Crippen molar-refractivity contribution in [3.8, 4) is 16.8 Å². The van der Waals surface area contributed by atoms with E-state index in [1.54, 1.807) is 6.08 Å². The van der Waals surface area contributed by atoms with Crippen LogP contribution in [0, 0.1) is 0 Å². The number of fused-ring (bicyclic) bond motifs is 7. The summed E-state index contributed by atoms with van der Waals surface area (Å²) in [4.78, 5) is 0.